The lowest BCUT2D eigenvalue weighted by atomic mass is 10.0. The summed E-state index contributed by atoms with van der Waals surface area (Å²) in [6, 6.07) is 3.28. The molecule has 112 valence electrons. The molecule has 0 aliphatic carbocycles. The van der Waals surface area contributed by atoms with Crippen LogP contribution >= 0.6 is 11.6 Å². The van der Waals surface area contributed by atoms with Crippen LogP contribution in [0.5, 0.6) is 0 Å². The van der Waals surface area contributed by atoms with E-state index in [0.717, 1.165) is 12.1 Å². The van der Waals surface area contributed by atoms with Crippen molar-refractivity contribution in [3.8, 4) is 0 Å². The normalized spacial score (nSPS) is 14.2. The van der Waals surface area contributed by atoms with Gasteiger partial charge in [-0.2, -0.15) is 0 Å². The van der Waals surface area contributed by atoms with E-state index < -0.39 is 5.60 Å². The fraction of sp³-hybridized carbons (Fsp3) is 0.600. The van der Waals surface area contributed by atoms with Crippen molar-refractivity contribution >= 4 is 17.5 Å². The van der Waals surface area contributed by atoms with Gasteiger partial charge in [0.2, 0.25) is 0 Å². The molecule has 0 aromatic carbocycles. The molecule has 1 aromatic heterocycles. The number of nitrogens with one attached hydrogen (secondary N) is 1. The number of aromatic nitrogens is 1. The zero-order chi connectivity index (χ0) is 15.3. The molecule has 2 N–H and O–H groups in total. The molecule has 0 aliphatic rings. The third kappa shape index (κ3) is 5.10. The lowest BCUT2D eigenvalue weighted by molar-refractivity contribution is 0.0469. The molecule has 1 atom stereocenters. The van der Waals surface area contributed by atoms with Gasteiger partial charge in [0.15, 0.2) is 0 Å². The number of hydrogen-bond donors (Lipinski definition) is 2. The Bertz CT molecular complexity index is 473. The van der Waals surface area contributed by atoms with Crippen LogP contribution < -0.4 is 5.32 Å². The third-order valence-corrected chi connectivity index (χ3v) is 3.28. The van der Waals surface area contributed by atoms with Gasteiger partial charge >= 0.3 is 0 Å². The highest BCUT2D eigenvalue weighted by Crippen LogP contribution is 2.18. The summed E-state index contributed by atoms with van der Waals surface area (Å²) in [5.74, 6) is -0.0453. The number of hydrogen-bond acceptors (Lipinski definition) is 3. The van der Waals surface area contributed by atoms with Crippen molar-refractivity contribution in [3.63, 3.8) is 0 Å². The second-order valence-electron chi connectivity index (χ2n) is 5.69. The molecule has 0 saturated heterocycles. The average molecular weight is 299 g/mol. The molecular weight excluding hydrogens is 276 g/mol. The molecule has 0 aliphatic heterocycles. The van der Waals surface area contributed by atoms with Gasteiger partial charge < -0.3 is 10.4 Å². The molecule has 1 aromatic rings. The fourth-order valence-electron chi connectivity index (χ4n) is 1.94. The van der Waals surface area contributed by atoms with E-state index in [1.165, 1.54) is 6.07 Å². The summed E-state index contributed by atoms with van der Waals surface area (Å²) in [4.78, 5) is 16.3. The van der Waals surface area contributed by atoms with Crippen LogP contribution in [0.4, 0.5) is 0 Å². The molecule has 5 heteroatoms. The quantitative estimate of drug-likeness (QED) is 0.793. The van der Waals surface area contributed by atoms with E-state index in [9.17, 15) is 9.90 Å². The summed E-state index contributed by atoms with van der Waals surface area (Å²) in [5, 5.41) is 13.1. The van der Waals surface area contributed by atoms with Crippen molar-refractivity contribution in [2.75, 3.05) is 6.54 Å². The second kappa shape index (κ2) is 7.04. The Morgan fingerprint density at radius 3 is 2.70 bits per heavy atom. The first kappa shape index (κ1) is 16.9. The number of aliphatic hydroxyl groups is 1. The summed E-state index contributed by atoms with van der Waals surface area (Å²) in [6.45, 7) is 7.92. The molecule has 0 spiro atoms. The van der Waals surface area contributed by atoms with Crippen molar-refractivity contribution in [1.82, 2.24) is 10.3 Å². The van der Waals surface area contributed by atoms with Crippen molar-refractivity contribution in [2.45, 2.75) is 52.1 Å². The molecule has 0 saturated carbocycles. The second-order valence-corrected chi connectivity index (χ2v) is 6.07. The summed E-state index contributed by atoms with van der Waals surface area (Å²) in [7, 11) is 0. The van der Waals surface area contributed by atoms with Crippen LogP contribution in [0.25, 0.3) is 0 Å². The first-order valence-electron chi connectivity index (χ1n) is 6.93. The van der Waals surface area contributed by atoms with Gasteiger partial charge in [0.1, 0.15) is 5.15 Å². The van der Waals surface area contributed by atoms with Crippen LogP contribution in [0.1, 0.15) is 62.5 Å². The van der Waals surface area contributed by atoms with Gasteiger partial charge in [-0.25, -0.2) is 4.98 Å². The standard InChI is InChI=1S/C15H23ClN2O2/c1-5-6-15(4,20)9-17-14(19)11-7-12(10(2)3)18-13(16)8-11/h7-8,10,20H,5-6,9H2,1-4H3,(H,17,19). The van der Waals surface area contributed by atoms with Gasteiger partial charge in [-0.1, -0.05) is 38.8 Å². The Balaban J connectivity index is 2.78. The number of nitrogens with zero attached hydrogens (tertiary/aromatic N) is 1. The molecule has 0 fully saturated rings. The van der Waals surface area contributed by atoms with Gasteiger partial charge in [0.05, 0.1) is 5.60 Å². The first-order valence-corrected chi connectivity index (χ1v) is 7.31. The maximum absolute atomic E-state index is 12.1. The molecule has 1 rings (SSSR count). The van der Waals surface area contributed by atoms with Crippen molar-refractivity contribution < 1.29 is 9.90 Å². The minimum Gasteiger partial charge on any atom is -0.388 e. The minimum atomic E-state index is -0.887. The van der Waals surface area contributed by atoms with Gasteiger partial charge in [-0.3, -0.25) is 4.79 Å². The van der Waals surface area contributed by atoms with E-state index in [4.69, 9.17) is 11.6 Å². The number of pyridine rings is 1. The van der Waals surface area contributed by atoms with Crippen LogP contribution in [0.3, 0.4) is 0 Å². The van der Waals surface area contributed by atoms with Crippen LogP contribution in [-0.4, -0.2) is 28.1 Å². The zero-order valence-corrected chi connectivity index (χ0v) is 13.3. The van der Waals surface area contributed by atoms with Crippen LogP contribution in [-0.2, 0) is 0 Å². The summed E-state index contributed by atoms with van der Waals surface area (Å²) < 4.78 is 0. The molecule has 1 amide bonds. The van der Waals surface area contributed by atoms with E-state index in [-0.39, 0.29) is 18.4 Å². The van der Waals surface area contributed by atoms with Gasteiger partial charge in [0, 0.05) is 17.8 Å². The van der Waals surface area contributed by atoms with Crippen molar-refractivity contribution in [3.05, 3.63) is 28.5 Å². The maximum Gasteiger partial charge on any atom is 0.251 e. The Morgan fingerprint density at radius 2 is 2.15 bits per heavy atom. The third-order valence-electron chi connectivity index (χ3n) is 3.09. The lowest BCUT2D eigenvalue weighted by Gasteiger charge is -2.23. The number of rotatable bonds is 6. The van der Waals surface area contributed by atoms with Gasteiger partial charge in [0.25, 0.3) is 5.91 Å². The topological polar surface area (TPSA) is 62.2 Å². The van der Waals surface area contributed by atoms with E-state index in [1.807, 2.05) is 20.8 Å². The Kier molecular flexibility index (Phi) is 5.96. The molecule has 4 nitrogen and oxygen atoms in total. The highest BCUT2D eigenvalue weighted by molar-refractivity contribution is 6.29. The average Bonchev–Trinajstić information content (AvgIpc) is 2.35. The van der Waals surface area contributed by atoms with Crippen molar-refractivity contribution in [1.29, 1.82) is 0 Å². The fourth-order valence-corrected chi connectivity index (χ4v) is 2.16. The molecule has 0 radical (unpaired) electrons. The summed E-state index contributed by atoms with van der Waals surface area (Å²) in [5.41, 5.74) is 0.367. The van der Waals surface area contributed by atoms with E-state index in [1.54, 1.807) is 13.0 Å². The zero-order valence-electron chi connectivity index (χ0n) is 12.5. The Labute approximate surface area is 125 Å². The Morgan fingerprint density at radius 1 is 1.50 bits per heavy atom. The van der Waals surface area contributed by atoms with Gasteiger partial charge in [-0.05, 0) is 31.4 Å². The smallest absolute Gasteiger partial charge is 0.251 e. The summed E-state index contributed by atoms with van der Waals surface area (Å²) >= 11 is 5.94. The molecule has 20 heavy (non-hydrogen) atoms. The van der Waals surface area contributed by atoms with Crippen molar-refractivity contribution in [2.24, 2.45) is 0 Å². The molecular formula is C15H23ClN2O2. The number of carbonyl (C=O) groups excluding carboxylic acids is 1. The SMILES string of the molecule is CCCC(C)(O)CNC(=O)c1cc(Cl)nc(C(C)C)c1. The van der Waals surface area contributed by atoms with E-state index >= 15 is 0 Å². The van der Waals surface area contributed by atoms with Crippen LogP contribution in [0.15, 0.2) is 12.1 Å². The molecule has 1 heterocycles. The highest BCUT2D eigenvalue weighted by atomic mass is 35.5. The lowest BCUT2D eigenvalue weighted by Crippen LogP contribution is -2.40. The first-order chi connectivity index (χ1) is 9.25. The maximum atomic E-state index is 12.1. The number of carbonyl (C=O) groups is 1. The van der Waals surface area contributed by atoms with E-state index in [2.05, 4.69) is 10.3 Å². The van der Waals surface area contributed by atoms with E-state index in [0.29, 0.717) is 17.1 Å². The number of halogens is 1. The Hall–Kier alpha value is -1.13. The van der Waals surface area contributed by atoms with Crippen LogP contribution in [0.2, 0.25) is 5.15 Å². The molecule has 0 bridgehead atoms. The largest absolute Gasteiger partial charge is 0.388 e. The monoisotopic (exact) mass is 298 g/mol. The minimum absolute atomic E-state index is 0.198. The number of amides is 1. The van der Waals surface area contributed by atoms with Gasteiger partial charge in [-0.15, -0.1) is 0 Å². The predicted octanol–water partition coefficient (Wildman–Crippen LogP) is 3.14. The predicted molar refractivity (Wildman–Crippen MR) is 81.2 cm³/mol. The van der Waals surface area contributed by atoms with Crippen LogP contribution in [0, 0.1) is 0 Å². The summed E-state index contributed by atoms with van der Waals surface area (Å²) in [6.07, 6.45) is 1.50. The highest BCUT2D eigenvalue weighted by Gasteiger charge is 2.20. The molecule has 1 unspecified atom stereocenters.